The van der Waals surface area contributed by atoms with Crippen molar-refractivity contribution in [3.05, 3.63) is 23.8 Å². The van der Waals surface area contributed by atoms with Crippen molar-refractivity contribution in [3.63, 3.8) is 0 Å². The molecule has 0 bridgehead atoms. The van der Waals surface area contributed by atoms with E-state index in [2.05, 4.69) is 34.0 Å². The van der Waals surface area contributed by atoms with Crippen molar-refractivity contribution in [1.29, 1.82) is 0 Å². The van der Waals surface area contributed by atoms with Crippen LogP contribution in [-0.4, -0.2) is 54.8 Å². The molecule has 0 aromatic carbocycles. The van der Waals surface area contributed by atoms with Crippen LogP contribution in [0.4, 0.5) is 0 Å². The SMILES string of the molecule is CCN(CC)CCc1nccc(CNCCOC)n1. The minimum atomic E-state index is 0.722. The summed E-state index contributed by atoms with van der Waals surface area (Å²) in [6, 6.07) is 1.96. The molecule has 0 saturated carbocycles. The molecule has 0 aliphatic rings. The van der Waals surface area contributed by atoms with Crippen LogP contribution in [0, 0.1) is 0 Å². The zero-order valence-electron chi connectivity index (χ0n) is 12.4. The number of nitrogens with one attached hydrogen (secondary N) is 1. The van der Waals surface area contributed by atoms with Crippen molar-refractivity contribution < 1.29 is 4.74 Å². The average molecular weight is 266 g/mol. The fourth-order valence-corrected chi connectivity index (χ4v) is 1.85. The Bertz CT molecular complexity index is 342. The van der Waals surface area contributed by atoms with E-state index in [1.54, 1.807) is 7.11 Å². The molecule has 0 unspecified atom stereocenters. The number of likely N-dealkylation sites (N-methyl/N-ethyl adjacent to an activating group) is 1. The predicted molar refractivity (Wildman–Crippen MR) is 77.1 cm³/mol. The summed E-state index contributed by atoms with van der Waals surface area (Å²) in [5.41, 5.74) is 1.04. The highest BCUT2D eigenvalue weighted by Crippen LogP contribution is 1.98. The minimum Gasteiger partial charge on any atom is -0.383 e. The van der Waals surface area contributed by atoms with Crippen LogP contribution in [0.25, 0.3) is 0 Å². The summed E-state index contributed by atoms with van der Waals surface area (Å²) in [5.74, 6) is 0.929. The van der Waals surface area contributed by atoms with Gasteiger partial charge in [0.2, 0.25) is 0 Å². The molecule has 0 atom stereocenters. The lowest BCUT2D eigenvalue weighted by molar-refractivity contribution is 0.199. The first-order valence-corrected chi connectivity index (χ1v) is 7.03. The minimum absolute atomic E-state index is 0.722. The molecule has 5 nitrogen and oxygen atoms in total. The highest BCUT2D eigenvalue weighted by atomic mass is 16.5. The van der Waals surface area contributed by atoms with Crippen molar-refractivity contribution in [3.8, 4) is 0 Å². The van der Waals surface area contributed by atoms with Gasteiger partial charge in [-0.15, -0.1) is 0 Å². The van der Waals surface area contributed by atoms with E-state index in [0.717, 1.165) is 57.3 Å². The zero-order chi connectivity index (χ0) is 13.9. The van der Waals surface area contributed by atoms with Gasteiger partial charge in [0.25, 0.3) is 0 Å². The third-order valence-corrected chi connectivity index (χ3v) is 3.10. The summed E-state index contributed by atoms with van der Waals surface area (Å²) in [4.78, 5) is 11.3. The van der Waals surface area contributed by atoms with Crippen LogP contribution >= 0.6 is 0 Å². The van der Waals surface area contributed by atoms with Gasteiger partial charge in [-0.2, -0.15) is 0 Å². The zero-order valence-corrected chi connectivity index (χ0v) is 12.4. The maximum absolute atomic E-state index is 4.99. The lowest BCUT2D eigenvalue weighted by Crippen LogP contribution is -2.26. The largest absolute Gasteiger partial charge is 0.383 e. The highest BCUT2D eigenvalue weighted by molar-refractivity contribution is 5.02. The number of hydrogen-bond acceptors (Lipinski definition) is 5. The van der Waals surface area contributed by atoms with Crippen LogP contribution in [0.2, 0.25) is 0 Å². The Hall–Kier alpha value is -1.04. The van der Waals surface area contributed by atoms with Gasteiger partial charge in [-0.1, -0.05) is 13.8 Å². The van der Waals surface area contributed by atoms with E-state index in [9.17, 15) is 0 Å². The molecule has 19 heavy (non-hydrogen) atoms. The Morgan fingerprint density at radius 3 is 2.79 bits per heavy atom. The topological polar surface area (TPSA) is 50.3 Å². The van der Waals surface area contributed by atoms with Gasteiger partial charge in [-0.05, 0) is 19.2 Å². The Labute approximate surface area is 116 Å². The first-order valence-electron chi connectivity index (χ1n) is 7.03. The van der Waals surface area contributed by atoms with Gasteiger partial charge >= 0.3 is 0 Å². The molecule has 0 saturated heterocycles. The van der Waals surface area contributed by atoms with Crippen molar-refractivity contribution in [1.82, 2.24) is 20.2 Å². The number of hydrogen-bond donors (Lipinski definition) is 1. The molecular formula is C14H26N4O. The van der Waals surface area contributed by atoms with E-state index in [4.69, 9.17) is 4.74 Å². The number of ether oxygens (including phenoxy) is 1. The molecule has 0 spiro atoms. The second-order valence-electron chi connectivity index (χ2n) is 4.41. The Balaban J connectivity index is 2.38. The van der Waals surface area contributed by atoms with E-state index in [1.165, 1.54) is 0 Å². The van der Waals surface area contributed by atoms with Crippen molar-refractivity contribution in [2.24, 2.45) is 0 Å². The lowest BCUT2D eigenvalue weighted by Gasteiger charge is -2.17. The van der Waals surface area contributed by atoms with Gasteiger partial charge in [0.05, 0.1) is 12.3 Å². The Morgan fingerprint density at radius 2 is 2.11 bits per heavy atom. The van der Waals surface area contributed by atoms with Crippen molar-refractivity contribution in [2.75, 3.05) is 39.9 Å². The molecule has 5 heteroatoms. The molecule has 0 amide bonds. The standard InChI is InChI=1S/C14H26N4O/c1-4-18(5-2)10-7-14-16-8-6-13(17-14)12-15-9-11-19-3/h6,8,15H,4-5,7,9-12H2,1-3H3. The molecule has 1 rings (SSSR count). The molecule has 1 N–H and O–H groups in total. The monoisotopic (exact) mass is 266 g/mol. The van der Waals surface area contributed by atoms with Crippen molar-refractivity contribution >= 4 is 0 Å². The Morgan fingerprint density at radius 1 is 1.32 bits per heavy atom. The van der Waals surface area contributed by atoms with Gasteiger partial charge in [-0.3, -0.25) is 0 Å². The van der Waals surface area contributed by atoms with Crippen LogP contribution in [0.15, 0.2) is 12.3 Å². The van der Waals surface area contributed by atoms with Crippen LogP contribution < -0.4 is 5.32 Å². The van der Waals surface area contributed by atoms with Gasteiger partial charge in [0.15, 0.2) is 0 Å². The Kier molecular flexibility index (Phi) is 8.29. The number of methoxy groups -OCH3 is 1. The van der Waals surface area contributed by atoms with Gasteiger partial charge in [0, 0.05) is 39.4 Å². The highest BCUT2D eigenvalue weighted by Gasteiger charge is 2.03. The maximum Gasteiger partial charge on any atom is 0.129 e. The first kappa shape index (κ1) is 16.0. The first-order chi connectivity index (χ1) is 9.30. The maximum atomic E-state index is 4.99. The molecular weight excluding hydrogens is 240 g/mol. The fourth-order valence-electron chi connectivity index (χ4n) is 1.85. The van der Waals surface area contributed by atoms with Crippen molar-refractivity contribution in [2.45, 2.75) is 26.8 Å². The summed E-state index contributed by atoms with van der Waals surface area (Å²) in [6.45, 7) is 9.87. The molecule has 0 radical (unpaired) electrons. The summed E-state index contributed by atoms with van der Waals surface area (Å²) < 4.78 is 4.99. The van der Waals surface area contributed by atoms with Crippen LogP contribution in [0.1, 0.15) is 25.4 Å². The fraction of sp³-hybridized carbons (Fsp3) is 0.714. The van der Waals surface area contributed by atoms with E-state index in [0.29, 0.717) is 0 Å². The summed E-state index contributed by atoms with van der Waals surface area (Å²) in [6.07, 6.45) is 2.76. The van der Waals surface area contributed by atoms with Gasteiger partial charge < -0.3 is 15.0 Å². The smallest absolute Gasteiger partial charge is 0.129 e. The summed E-state index contributed by atoms with van der Waals surface area (Å²) in [7, 11) is 1.71. The van der Waals surface area contributed by atoms with E-state index >= 15 is 0 Å². The predicted octanol–water partition coefficient (Wildman–Crippen LogP) is 1.10. The third-order valence-electron chi connectivity index (χ3n) is 3.10. The molecule has 0 aliphatic carbocycles. The molecule has 0 fully saturated rings. The average Bonchev–Trinajstić information content (AvgIpc) is 2.45. The van der Waals surface area contributed by atoms with Crippen LogP contribution in [-0.2, 0) is 17.7 Å². The van der Waals surface area contributed by atoms with Gasteiger partial charge in [-0.25, -0.2) is 9.97 Å². The molecule has 1 aromatic rings. The number of rotatable bonds is 10. The van der Waals surface area contributed by atoms with Crippen LogP contribution in [0.3, 0.4) is 0 Å². The van der Waals surface area contributed by atoms with Gasteiger partial charge in [0.1, 0.15) is 5.82 Å². The second kappa shape index (κ2) is 9.83. The van der Waals surface area contributed by atoms with E-state index in [-0.39, 0.29) is 0 Å². The summed E-state index contributed by atoms with van der Waals surface area (Å²) in [5, 5.41) is 3.29. The lowest BCUT2D eigenvalue weighted by atomic mass is 10.3. The molecule has 108 valence electrons. The molecule has 1 heterocycles. The van der Waals surface area contributed by atoms with E-state index < -0.39 is 0 Å². The number of aromatic nitrogens is 2. The third kappa shape index (κ3) is 6.61. The summed E-state index contributed by atoms with van der Waals surface area (Å²) >= 11 is 0. The normalized spacial score (nSPS) is 11.2. The number of nitrogens with zero attached hydrogens (tertiary/aromatic N) is 3. The second-order valence-corrected chi connectivity index (χ2v) is 4.41. The van der Waals surface area contributed by atoms with Crippen LogP contribution in [0.5, 0.6) is 0 Å². The quantitative estimate of drug-likeness (QED) is 0.643. The molecule has 1 aromatic heterocycles. The van der Waals surface area contributed by atoms with E-state index in [1.807, 2.05) is 12.3 Å². The molecule has 0 aliphatic heterocycles.